The minimum absolute atomic E-state index is 0.393. The van der Waals surface area contributed by atoms with Crippen LogP contribution in [-0.2, 0) is 10.1 Å². The summed E-state index contributed by atoms with van der Waals surface area (Å²) in [6, 6.07) is 35.5. The second-order valence-corrected chi connectivity index (χ2v) is 12.4. The van der Waals surface area contributed by atoms with Gasteiger partial charge < -0.3 is 9.76 Å². The summed E-state index contributed by atoms with van der Waals surface area (Å²) in [7, 11) is 1.84. The SMILES string of the molecule is CC(C)(O)C(C)(C)O[B]C1=CC=CC2=C(C1)c1ccccc1C21c2ccccc2-c2ccc(-c3ccccc3)cc21. The van der Waals surface area contributed by atoms with Gasteiger partial charge in [0.15, 0.2) is 0 Å². The summed E-state index contributed by atoms with van der Waals surface area (Å²) in [5.74, 6) is 0. The van der Waals surface area contributed by atoms with Crippen molar-refractivity contribution < 1.29 is 9.76 Å². The van der Waals surface area contributed by atoms with Crippen molar-refractivity contribution in [3.05, 3.63) is 149 Å². The van der Waals surface area contributed by atoms with Gasteiger partial charge in [-0.15, -0.1) is 0 Å². The van der Waals surface area contributed by atoms with Crippen LogP contribution in [0.15, 0.2) is 126 Å². The molecule has 3 heteroatoms. The van der Waals surface area contributed by atoms with E-state index in [0.29, 0.717) is 0 Å². The Hall–Kier alpha value is -3.92. The van der Waals surface area contributed by atoms with Crippen LogP contribution < -0.4 is 0 Å². The summed E-state index contributed by atoms with van der Waals surface area (Å²) in [6.07, 6.45) is 7.39. The van der Waals surface area contributed by atoms with Crippen LogP contribution in [-0.4, -0.2) is 23.8 Å². The van der Waals surface area contributed by atoms with Crippen LogP contribution in [0, 0.1) is 0 Å². The third kappa shape index (κ3) is 3.87. The molecule has 0 fully saturated rings. The molecule has 1 N–H and O–H groups in total. The molecule has 3 aliphatic rings. The molecule has 0 bridgehead atoms. The number of rotatable bonds is 5. The van der Waals surface area contributed by atoms with Gasteiger partial charge in [-0.1, -0.05) is 115 Å². The van der Waals surface area contributed by atoms with Crippen molar-refractivity contribution in [1.82, 2.24) is 0 Å². The van der Waals surface area contributed by atoms with Gasteiger partial charge in [0.05, 0.1) is 16.6 Å². The molecule has 0 saturated carbocycles. The Labute approximate surface area is 244 Å². The number of hydrogen-bond acceptors (Lipinski definition) is 2. The molecule has 4 aromatic rings. The zero-order valence-electron chi connectivity index (χ0n) is 24.1. The molecule has 7 rings (SSSR count). The second kappa shape index (κ2) is 9.31. The minimum atomic E-state index is -0.979. The first-order valence-corrected chi connectivity index (χ1v) is 14.5. The van der Waals surface area contributed by atoms with Crippen LogP contribution in [0.4, 0.5) is 0 Å². The molecule has 0 aromatic heterocycles. The normalized spacial score (nSPS) is 18.9. The topological polar surface area (TPSA) is 29.5 Å². The Morgan fingerprint density at radius 1 is 0.707 bits per heavy atom. The van der Waals surface area contributed by atoms with Crippen LogP contribution >= 0.6 is 0 Å². The van der Waals surface area contributed by atoms with Crippen LogP contribution in [0.25, 0.3) is 27.8 Å². The van der Waals surface area contributed by atoms with Crippen molar-refractivity contribution in [3.63, 3.8) is 0 Å². The molecule has 4 aromatic carbocycles. The Bertz CT molecular complexity index is 1770. The van der Waals surface area contributed by atoms with E-state index in [1.807, 2.05) is 21.3 Å². The first-order valence-electron chi connectivity index (χ1n) is 14.5. The van der Waals surface area contributed by atoms with E-state index >= 15 is 0 Å². The summed E-state index contributed by atoms with van der Waals surface area (Å²) in [4.78, 5) is 0. The maximum Gasteiger partial charge on any atom is 0.326 e. The van der Waals surface area contributed by atoms with Crippen LogP contribution in [0.3, 0.4) is 0 Å². The molecule has 1 unspecified atom stereocenters. The number of allylic oxidation sites excluding steroid dienone is 6. The molecule has 1 atom stereocenters. The van der Waals surface area contributed by atoms with Gasteiger partial charge in [-0.05, 0) is 95.8 Å². The predicted octanol–water partition coefficient (Wildman–Crippen LogP) is 8.46. The predicted molar refractivity (Wildman–Crippen MR) is 170 cm³/mol. The third-order valence-corrected chi connectivity index (χ3v) is 9.47. The molecule has 1 spiro atoms. The quantitative estimate of drug-likeness (QED) is 0.261. The van der Waals surface area contributed by atoms with E-state index in [0.717, 1.165) is 11.9 Å². The molecule has 201 valence electrons. The fraction of sp³-hybridized carbons (Fsp3) is 0.211. The highest BCUT2D eigenvalue weighted by Gasteiger charge is 2.52. The van der Waals surface area contributed by atoms with Gasteiger partial charge in [0.1, 0.15) is 0 Å². The minimum Gasteiger partial charge on any atom is -0.427 e. The first-order chi connectivity index (χ1) is 19.7. The molecule has 0 amide bonds. The molecule has 0 aliphatic heterocycles. The van der Waals surface area contributed by atoms with Gasteiger partial charge in [-0.3, -0.25) is 0 Å². The van der Waals surface area contributed by atoms with E-state index in [9.17, 15) is 5.11 Å². The number of aliphatic hydroxyl groups is 1. The largest absolute Gasteiger partial charge is 0.427 e. The molecule has 1 radical (unpaired) electrons. The monoisotopic (exact) mass is 533 g/mol. The lowest BCUT2D eigenvalue weighted by molar-refractivity contribution is -0.0897. The highest BCUT2D eigenvalue weighted by Crippen LogP contribution is 2.63. The van der Waals surface area contributed by atoms with Crippen molar-refractivity contribution in [1.29, 1.82) is 0 Å². The fourth-order valence-corrected chi connectivity index (χ4v) is 6.65. The molecule has 0 saturated heterocycles. The zero-order valence-corrected chi connectivity index (χ0v) is 24.1. The Kier molecular flexibility index (Phi) is 5.90. The Morgan fingerprint density at radius 3 is 2.07 bits per heavy atom. The lowest BCUT2D eigenvalue weighted by Crippen LogP contribution is -2.48. The molecular weight excluding hydrogens is 499 g/mol. The van der Waals surface area contributed by atoms with Gasteiger partial charge >= 0.3 is 7.48 Å². The van der Waals surface area contributed by atoms with Crippen LogP contribution in [0.1, 0.15) is 56.4 Å². The fourth-order valence-electron chi connectivity index (χ4n) is 6.65. The Morgan fingerprint density at radius 2 is 1.34 bits per heavy atom. The van der Waals surface area contributed by atoms with E-state index in [1.165, 1.54) is 55.7 Å². The van der Waals surface area contributed by atoms with Crippen molar-refractivity contribution >= 4 is 13.1 Å². The van der Waals surface area contributed by atoms with Gasteiger partial charge in [0, 0.05) is 0 Å². The smallest absolute Gasteiger partial charge is 0.326 e. The zero-order chi connectivity index (χ0) is 28.4. The highest BCUT2D eigenvalue weighted by molar-refractivity contribution is 6.39. The maximum atomic E-state index is 10.7. The van der Waals surface area contributed by atoms with Crippen molar-refractivity contribution in [2.24, 2.45) is 0 Å². The average Bonchev–Trinajstić information content (AvgIpc) is 3.30. The lowest BCUT2D eigenvalue weighted by Gasteiger charge is -2.37. The summed E-state index contributed by atoms with van der Waals surface area (Å²) in [6.45, 7) is 7.44. The molecule has 0 heterocycles. The maximum absolute atomic E-state index is 10.7. The van der Waals surface area contributed by atoms with E-state index in [1.54, 1.807) is 13.8 Å². The van der Waals surface area contributed by atoms with Gasteiger partial charge in [-0.25, -0.2) is 0 Å². The number of hydrogen-bond donors (Lipinski definition) is 1. The number of benzene rings is 4. The third-order valence-electron chi connectivity index (χ3n) is 9.47. The average molecular weight is 534 g/mol. The van der Waals surface area contributed by atoms with Crippen molar-refractivity contribution in [3.8, 4) is 22.3 Å². The number of fused-ring (bicyclic) bond motifs is 9. The van der Waals surface area contributed by atoms with Crippen LogP contribution in [0.2, 0.25) is 0 Å². The van der Waals surface area contributed by atoms with Crippen molar-refractivity contribution in [2.45, 2.75) is 50.7 Å². The van der Waals surface area contributed by atoms with Gasteiger partial charge in [0.25, 0.3) is 0 Å². The first kappa shape index (κ1) is 26.0. The van der Waals surface area contributed by atoms with E-state index in [-0.39, 0.29) is 0 Å². The highest BCUT2D eigenvalue weighted by atomic mass is 16.5. The molecular formula is C38H34BO2. The standard InChI is InChI=1S/C38H34BO2/c1-36(2,40)37(3,4)41-39-27-15-12-20-34-31(24-27)29-17-9-11-19-33(29)38(34)32-18-10-8-16-28(32)30-22-21-26(23-35(30)38)25-13-6-5-7-14-25/h5-23,40H,24H2,1-4H3. The summed E-state index contributed by atoms with van der Waals surface area (Å²) in [5, 5.41) is 10.7. The van der Waals surface area contributed by atoms with E-state index in [2.05, 4.69) is 115 Å². The van der Waals surface area contributed by atoms with E-state index < -0.39 is 16.6 Å². The molecule has 41 heavy (non-hydrogen) atoms. The summed E-state index contributed by atoms with van der Waals surface area (Å²) >= 11 is 0. The Balaban J connectivity index is 1.41. The van der Waals surface area contributed by atoms with Gasteiger partial charge in [-0.2, -0.15) is 0 Å². The summed E-state index contributed by atoms with van der Waals surface area (Å²) < 4.78 is 6.22. The molecule has 2 nitrogen and oxygen atoms in total. The van der Waals surface area contributed by atoms with Gasteiger partial charge in [0.2, 0.25) is 0 Å². The summed E-state index contributed by atoms with van der Waals surface area (Å²) in [5.41, 5.74) is 12.0. The van der Waals surface area contributed by atoms with E-state index in [4.69, 9.17) is 4.65 Å². The lowest BCUT2D eigenvalue weighted by atomic mass is 9.69. The second-order valence-electron chi connectivity index (χ2n) is 12.4. The van der Waals surface area contributed by atoms with Crippen LogP contribution in [0.5, 0.6) is 0 Å². The van der Waals surface area contributed by atoms with Crippen molar-refractivity contribution in [2.75, 3.05) is 0 Å². The molecule has 3 aliphatic carbocycles.